The van der Waals surface area contributed by atoms with Crippen molar-refractivity contribution in [2.24, 2.45) is 0 Å². The van der Waals surface area contributed by atoms with Gasteiger partial charge in [0.1, 0.15) is 18.4 Å². The molecule has 3 aromatic carbocycles. The third kappa shape index (κ3) is 5.98. The van der Waals surface area contributed by atoms with E-state index in [1.165, 1.54) is 0 Å². The van der Waals surface area contributed by atoms with Crippen LogP contribution in [-0.4, -0.2) is 28.1 Å². The maximum Gasteiger partial charge on any atom is 0.328 e. The molecule has 0 saturated heterocycles. The van der Waals surface area contributed by atoms with Crippen LogP contribution < -0.4 is 10.1 Å². The minimum Gasteiger partial charge on any atom is -0.487 e. The van der Waals surface area contributed by atoms with Gasteiger partial charge in [0.15, 0.2) is 0 Å². The van der Waals surface area contributed by atoms with Crippen LogP contribution in [0.25, 0.3) is 17.0 Å². The summed E-state index contributed by atoms with van der Waals surface area (Å²) in [6.45, 7) is 2.73. The minimum atomic E-state index is -1.03. The first-order valence-corrected chi connectivity index (χ1v) is 11.6. The van der Waals surface area contributed by atoms with Crippen molar-refractivity contribution in [2.45, 2.75) is 26.0 Å². The van der Waals surface area contributed by atoms with E-state index in [1.807, 2.05) is 90.4 Å². The van der Waals surface area contributed by atoms with Gasteiger partial charge in [-0.15, -0.1) is 0 Å². The molecule has 6 nitrogen and oxygen atoms in total. The predicted octanol–water partition coefficient (Wildman–Crippen LogP) is 5.24. The van der Waals surface area contributed by atoms with Crippen molar-refractivity contribution in [1.82, 2.24) is 9.88 Å². The second kappa shape index (κ2) is 11.2. The molecule has 1 aromatic heterocycles. The summed E-state index contributed by atoms with van der Waals surface area (Å²) in [5.41, 5.74) is 3.64. The molecule has 0 aliphatic carbocycles. The Kier molecular flexibility index (Phi) is 7.63. The van der Waals surface area contributed by atoms with Gasteiger partial charge in [0, 0.05) is 29.8 Å². The average molecular weight is 469 g/mol. The van der Waals surface area contributed by atoms with Crippen LogP contribution in [-0.2, 0) is 22.6 Å². The summed E-state index contributed by atoms with van der Waals surface area (Å²) < 4.78 is 8.02. The van der Waals surface area contributed by atoms with Gasteiger partial charge in [-0.05, 0) is 36.6 Å². The van der Waals surface area contributed by atoms with Gasteiger partial charge in [-0.2, -0.15) is 0 Å². The Balaban J connectivity index is 1.61. The molecule has 1 unspecified atom stereocenters. The molecule has 1 amide bonds. The van der Waals surface area contributed by atoms with E-state index in [-0.39, 0.29) is 5.91 Å². The first-order chi connectivity index (χ1) is 17.0. The summed E-state index contributed by atoms with van der Waals surface area (Å²) in [5.74, 6) is -0.524. The molecule has 0 spiro atoms. The van der Waals surface area contributed by atoms with Gasteiger partial charge in [-0.3, -0.25) is 4.79 Å². The SMILES string of the molecule is CC(C(=O)NCCc1ccccc1)n1cc(C=CC(=O)O)c2cccc(OCc3ccccc3)c21. The summed E-state index contributed by atoms with van der Waals surface area (Å²) in [4.78, 5) is 24.2. The largest absolute Gasteiger partial charge is 0.487 e. The van der Waals surface area contributed by atoms with Crippen molar-refractivity contribution in [3.8, 4) is 5.75 Å². The number of hydrogen-bond donors (Lipinski definition) is 2. The Morgan fingerprint density at radius 1 is 0.971 bits per heavy atom. The number of aliphatic carboxylic acids is 1. The van der Waals surface area contributed by atoms with E-state index < -0.39 is 12.0 Å². The fourth-order valence-corrected chi connectivity index (χ4v) is 4.01. The third-order valence-corrected chi connectivity index (χ3v) is 5.84. The van der Waals surface area contributed by atoms with Crippen LogP contribution >= 0.6 is 0 Å². The van der Waals surface area contributed by atoms with Crippen molar-refractivity contribution < 1.29 is 19.4 Å². The fraction of sp³-hybridized carbons (Fsp3) is 0.172. The van der Waals surface area contributed by atoms with Crippen molar-refractivity contribution in [3.63, 3.8) is 0 Å². The monoisotopic (exact) mass is 468 g/mol. The molecule has 0 aliphatic rings. The molecular formula is C29H28N2O4. The molecule has 35 heavy (non-hydrogen) atoms. The number of amides is 1. The Morgan fingerprint density at radius 3 is 2.34 bits per heavy atom. The molecule has 0 fully saturated rings. The number of fused-ring (bicyclic) bond motifs is 1. The van der Waals surface area contributed by atoms with Gasteiger partial charge in [-0.25, -0.2) is 4.79 Å². The molecule has 6 heteroatoms. The van der Waals surface area contributed by atoms with Gasteiger partial charge in [0.05, 0.1) is 5.52 Å². The van der Waals surface area contributed by atoms with E-state index in [4.69, 9.17) is 9.84 Å². The van der Waals surface area contributed by atoms with Gasteiger partial charge < -0.3 is 19.7 Å². The second-order valence-electron chi connectivity index (χ2n) is 8.29. The predicted molar refractivity (Wildman–Crippen MR) is 137 cm³/mol. The van der Waals surface area contributed by atoms with Gasteiger partial charge >= 0.3 is 5.97 Å². The molecule has 4 aromatic rings. The second-order valence-corrected chi connectivity index (χ2v) is 8.29. The van der Waals surface area contributed by atoms with Crippen LogP contribution in [0.15, 0.2) is 91.1 Å². The number of aromatic nitrogens is 1. The standard InChI is InChI=1S/C29H28N2O4/c1-21(29(34)30-18-17-22-9-4-2-5-10-22)31-19-24(15-16-27(32)33)25-13-8-14-26(28(25)31)35-20-23-11-6-3-7-12-23/h2-16,19,21H,17-18,20H2,1H3,(H,30,34)(H,32,33). The number of ether oxygens (including phenoxy) is 1. The number of nitrogens with one attached hydrogen (secondary N) is 1. The smallest absolute Gasteiger partial charge is 0.328 e. The lowest BCUT2D eigenvalue weighted by Crippen LogP contribution is -2.32. The van der Waals surface area contributed by atoms with E-state index in [2.05, 4.69) is 5.32 Å². The molecule has 2 N–H and O–H groups in total. The van der Waals surface area contributed by atoms with E-state index in [0.717, 1.165) is 34.5 Å². The average Bonchev–Trinajstić information content (AvgIpc) is 3.26. The van der Waals surface area contributed by atoms with E-state index in [1.54, 1.807) is 12.3 Å². The number of hydrogen-bond acceptors (Lipinski definition) is 3. The molecule has 0 bridgehead atoms. The maximum atomic E-state index is 13.1. The lowest BCUT2D eigenvalue weighted by molar-refractivity contribution is -0.131. The van der Waals surface area contributed by atoms with E-state index in [0.29, 0.717) is 24.5 Å². The molecule has 0 saturated carbocycles. The number of para-hydroxylation sites is 1. The Hall–Kier alpha value is -4.32. The van der Waals surface area contributed by atoms with Crippen LogP contribution in [0.2, 0.25) is 0 Å². The number of rotatable bonds is 10. The zero-order valence-electron chi connectivity index (χ0n) is 19.6. The van der Waals surface area contributed by atoms with Crippen LogP contribution in [0.5, 0.6) is 5.75 Å². The zero-order valence-corrected chi connectivity index (χ0v) is 19.6. The van der Waals surface area contributed by atoms with Crippen molar-refractivity contribution in [3.05, 3.63) is 108 Å². The summed E-state index contributed by atoms with van der Waals surface area (Å²) in [7, 11) is 0. The number of carboxylic acids is 1. The summed E-state index contributed by atoms with van der Waals surface area (Å²) >= 11 is 0. The lowest BCUT2D eigenvalue weighted by Gasteiger charge is -2.17. The van der Waals surface area contributed by atoms with Crippen LogP contribution in [0.1, 0.15) is 29.7 Å². The third-order valence-electron chi connectivity index (χ3n) is 5.84. The Labute approximate surface area is 204 Å². The van der Waals surface area contributed by atoms with E-state index in [9.17, 15) is 9.59 Å². The zero-order chi connectivity index (χ0) is 24.6. The normalized spacial score (nSPS) is 12.0. The quantitative estimate of drug-likeness (QED) is 0.312. The highest BCUT2D eigenvalue weighted by atomic mass is 16.5. The summed E-state index contributed by atoms with van der Waals surface area (Å²) in [5, 5.41) is 13.0. The molecule has 0 radical (unpaired) electrons. The first-order valence-electron chi connectivity index (χ1n) is 11.6. The van der Waals surface area contributed by atoms with Crippen LogP contribution in [0, 0.1) is 0 Å². The van der Waals surface area contributed by atoms with Crippen LogP contribution in [0.3, 0.4) is 0 Å². The number of benzene rings is 3. The topological polar surface area (TPSA) is 80.6 Å². The highest BCUT2D eigenvalue weighted by Gasteiger charge is 2.21. The lowest BCUT2D eigenvalue weighted by atomic mass is 10.1. The van der Waals surface area contributed by atoms with Crippen LogP contribution in [0.4, 0.5) is 0 Å². The molecule has 0 aliphatic heterocycles. The number of carbonyl (C=O) groups excluding carboxylic acids is 1. The van der Waals surface area contributed by atoms with Crippen molar-refractivity contribution in [2.75, 3.05) is 6.54 Å². The Bertz CT molecular complexity index is 1330. The fourth-order valence-electron chi connectivity index (χ4n) is 4.01. The molecule has 1 heterocycles. The van der Waals surface area contributed by atoms with Crippen molar-refractivity contribution >= 4 is 28.9 Å². The molecular weight excluding hydrogens is 440 g/mol. The number of carboxylic acid groups (broad SMARTS) is 1. The number of nitrogens with zero attached hydrogens (tertiary/aromatic N) is 1. The Morgan fingerprint density at radius 2 is 1.66 bits per heavy atom. The highest BCUT2D eigenvalue weighted by molar-refractivity contribution is 5.97. The first kappa shape index (κ1) is 23.8. The number of carbonyl (C=O) groups is 2. The molecule has 1 atom stereocenters. The maximum absolute atomic E-state index is 13.1. The summed E-state index contributed by atoms with van der Waals surface area (Å²) in [6.07, 6.45) is 5.19. The van der Waals surface area contributed by atoms with Crippen molar-refractivity contribution in [1.29, 1.82) is 0 Å². The highest BCUT2D eigenvalue weighted by Crippen LogP contribution is 2.33. The van der Waals surface area contributed by atoms with Gasteiger partial charge in [0.2, 0.25) is 5.91 Å². The molecule has 178 valence electrons. The minimum absolute atomic E-state index is 0.121. The van der Waals surface area contributed by atoms with Gasteiger partial charge in [0.25, 0.3) is 0 Å². The van der Waals surface area contributed by atoms with Gasteiger partial charge in [-0.1, -0.05) is 72.8 Å². The summed E-state index contributed by atoms with van der Waals surface area (Å²) in [6, 6.07) is 25.0. The molecule has 4 rings (SSSR count). The van der Waals surface area contributed by atoms with E-state index >= 15 is 0 Å².